The standard InChI is InChI=1S/C17H21N3O4S/c1-12(13-5-4-6-15(11-13)20-25(3,22)23)18-17(21)19-14-7-9-16(24-2)10-8-14/h4-12,20H,1-3H3,(H2,18,19,21). The molecule has 0 saturated carbocycles. The van der Waals surface area contributed by atoms with Crippen molar-refractivity contribution >= 4 is 27.4 Å². The van der Waals surface area contributed by atoms with Crippen molar-refractivity contribution in [2.45, 2.75) is 13.0 Å². The van der Waals surface area contributed by atoms with Crippen LogP contribution in [0.15, 0.2) is 48.5 Å². The lowest BCUT2D eigenvalue weighted by atomic mass is 10.1. The van der Waals surface area contributed by atoms with Gasteiger partial charge in [-0.1, -0.05) is 12.1 Å². The molecule has 2 aromatic rings. The van der Waals surface area contributed by atoms with Crippen molar-refractivity contribution in [1.82, 2.24) is 5.32 Å². The number of benzene rings is 2. The topological polar surface area (TPSA) is 96.5 Å². The largest absolute Gasteiger partial charge is 0.497 e. The molecule has 1 unspecified atom stereocenters. The van der Waals surface area contributed by atoms with E-state index in [0.717, 1.165) is 11.8 Å². The molecule has 0 spiro atoms. The minimum atomic E-state index is -3.35. The Hall–Kier alpha value is -2.74. The molecule has 0 aromatic heterocycles. The van der Waals surface area contributed by atoms with Crippen LogP contribution in [-0.2, 0) is 10.0 Å². The van der Waals surface area contributed by atoms with Crippen LogP contribution in [0.4, 0.5) is 16.2 Å². The molecule has 8 heteroatoms. The number of carbonyl (C=O) groups excluding carboxylic acids is 1. The Morgan fingerprint density at radius 1 is 1.08 bits per heavy atom. The van der Waals surface area contributed by atoms with Gasteiger partial charge in [-0.05, 0) is 48.9 Å². The fourth-order valence-corrected chi connectivity index (χ4v) is 2.76. The summed E-state index contributed by atoms with van der Waals surface area (Å²) in [5.41, 5.74) is 1.86. The Balaban J connectivity index is 1.99. The molecule has 25 heavy (non-hydrogen) atoms. The van der Waals surface area contributed by atoms with Gasteiger partial charge in [0.2, 0.25) is 10.0 Å². The number of ether oxygens (including phenoxy) is 1. The van der Waals surface area contributed by atoms with Gasteiger partial charge in [0, 0.05) is 11.4 Å². The Labute approximate surface area is 147 Å². The van der Waals surface area contributed by atoms with E-state index in [1.807, 2.05) is 13.0 Å². The van der Waals surface area contributed by atoms with E-state index in [4.69, 9.17) is 4.74 Å². The summed E-state index contributed by atoms with van der Waals surface area (Å²) in [4.78, 5) is 12.1. The number of rotatable bonds is 6. The van der Waals surface area contributed by atoms with Gasteiger partial charge in [-0.25, -0.2) is 13.2 Å². The molecule has 0 radical (unpaired) electrons. The monoisotopic (exact) mass is 363 g/mol. The van der Waals surface area contributed by atoms with Crippen LogP contribution in [0.1, 0.15) is 18.5 Å². The Morgan fingerprint density at radius 3 is 2.36 bits per heavy atom. The number of methoxy groups -OCH3 is 1. The highest BCUT2D eigenvalue weighted by molar-refractivity contribution is 7.92. The summed E-state index contributed by atoms with van der Waals surface area (Å²) in [6.07, 6.45) is 1.09. The molecule has 2 amide bonds. The number of urea groups is 1. The summed E-state index contributed by atoms with van der Waals surface area (Å²) in [5, 5.41) is 5.53. The van der Waals surface area contributed by atoms with Crippen molar-refractivity contribution in [3.63, 3.8) is 0 Å². The summed E-state index contributed by atoms with van der Waals surface area (Å²) in [6, 6.07) is 13.2. The molecule has 0 aliphatic carbocycles. The zero-order chi connectivity index (χ0) is 18.4. The minimum Gasteiger partial charge on any atom is -0.497 e. The minimum absolute atomic E-state index is 0.306. The smallest absolute Gasteiger partial charge is 0.319 e. The second-order valence-corrected chi connectivity index (χ2v) is 7.30. The lowest BCUT2D eigenvalue weighted by molar-refractivity contribution is 0.249. The van der Waals surface area contributed by atoms with E-state index in [9.17, 15) is 13.2 Å². The quantitative estimate of drug-likeness (QED) is 0.735. The van der Waals surface area contributed by atoms with Gasteiger partial charge in [-0.3, -0.25) is 4.72 Å². The van der Waals surface area contributed by atoms with Crippen molar-refractivity contribution in [2.75, 3.05) is 23.4 Å². The maximum Gasteiger partial charge on any atom is 0.319 e. The van der Waals surface area contributed by atoms with Crippen LogP contribution in [0.3, 0.4) is 0 Å². The fraction of sp³-hybridized carbons (Fsp3) is 0.235. The van der Waals surface area contributed by atoms with Crippen molar-refractivity contribution in [3.05, 3.63) is 54.1 Å². The molecule has 0 aliphatic heterocycles. The predicted octanol–water partition coefficient (Wildman–Crippen LogP) is 2.95. The van der Waals surface area contributed by atoms with Crippen molar-refractivity contribution in [2.24, 2.45) is 0 Å². The van der Waals surface area contributed by atoms with E-state index in [-0.39, 0.29) is 12.1 Å². The lowest BCUT2D eigenvalue weighted by Crippen LogP contribution is -2.31. The van der Waals surface area contributed by atoms with E-state index in [0.29, 0.717) is 17.1 Å². The highest BCUT2D eigenvalue weighted by Crippen LogP contribution is 2.19. The third kappa shape index (κ3) is 6.00. The summed E-state index contributed by atoms with van der Waals surface area (Å²) in [7, 11) is -1.78. The normalized spacial score (nSPS) is 12.1. The van der Waals surface area contributed by atoms with E-state index in [2.05, 4.69) is 15.4 Å². The molecule has 1 atom stereocenters. The summed E-state index contributed by atoms with van der Waals surface area (Å²) >= 11 is 0. The summed E-state index contributed by atoms with van der Waals surface area (Å²) in [6.45, 7) is 1.81. The Kier molecular flexibility index (Phi) is 5.87. The second kappa shape index (κ2) is 7.89. The molecule has 0 heterocycles. The first-order valence-corrected chi connectivity index (χ1v) is 9.45. The molecule has 0 aliphatic rings. The van der Waals surface area contributed by atoms with Crippen LogP contribution in [0.25, 0.3) is 0 Å². The van der Waals surface area contributed by atoms with Gasteiger partial charge in [0.25, 0.3) is 0 Å². The van der Waals surface area contributed by atoms with Crippen LogP contribution < -0.4 is 20.1 Å². The maximum absolute atomic E-state index is 12.1. The number of nitrogens with one attached hydrogen (secondary N) is 3. The number of amides is 2. The van der Waals surface area contributed by atoms with Gasteiger partial charge in [-0.15, -0.1) is 0 Å². The SMILES string of the molecule is COc1ccc(NC(=O)NC(C)c2cccc(NS(C)(=O)=O)c2)cc1. The summed E-state index contributed by atoms with van der Waals surface area (Å²) < 4.78 is 30.1. The fourth-order valence-electron chi connectivity index (χ4n) is 2.21. The van der Waals surface area contributed by atoms with Crippen LogP contribution in [0.5, 0.6) is 5.75 Å². The van der Waals surface area contributed by atoms with Crippen molar-refractivity contribution in [1.29, 1.82) is 0 Å². The predicted molar refractivity (Wildman–Crippen MR) is 98.5 cm³/mol. The lowest BCUT2D eigenvalue weighted by Gasteiger charge is -2.16. The highest BCUT2D eigenvalue weighted by atomic mass is 32.2. The van der Waals surface area contributed by atoms with Gasteiger partial charge in [0.05, 0.1) is 19.4 Å². The number of anilines is 2. The third-order valence-electron chi connectivity index (χ3n) is 3.39. The number of hydrogen-bond donors (Lipinski definition) is 3. The Bertz CT molecular complexity index is 835. The van der Waals surface area contributed by atoms with E-state index < -0.39 is 10.0 Å². The average molecular weight is 363 g/mol. The first kappa shape index (κ1) is 18.6. The molecule has 7 nitrogen and oxygen atoms in total. The van der Waals surface area contributed by atoms with Crippen molar-refractivity contribution in [3.8, 4) is 5.75 Å². The third-order valence-corrected chi connectivity index (χ3v) is 3.99. The number of sulfonamides is 1. The van der Waals surface area contributed by atoms with Crippen molar-refractivity contribution < 1.29 is 17.9 Å². The molecular formula is C17H21N3O4S. The molecule has 0 saturated heterocycles. The van der Waals surface area contributed by atoms with Gasteiger partial charge in [-0.2, -0.15) is 0 Å². The zero-order valence-electron chi connectivity index (χ0n) is 14.2. The van der Waals surface area contributed by atoms with Crippen LogP contribution in [0.2, 0.25) is 0 Å². The highest BCUT2D eigenvalue weighted by Gasteiger charge is 2.11. The molecule has 134 valence electrons. The van der Waals surface area contributed by atoms with E-state index in [1.165, 1.54) is 0 Å². The molecule has 0 fully saturated rings. The van der Waals surface area contributed by atoms with Gasteiger partial charge < -0.3 is 15.4 Å². The Morgan fingerprint density at radius 2 is 1.76 bits per heavy atom. The second-order valence-electron chi connectivity index (χ2n) is 5.55. The van der Waals surface area contributed by atoms with Gasteiger partial charge >= 0.3 is 6.03 Å². The van der Waals surface area contributed by atoms with Crippen LogP contribution >= 0.6 is 0 Å². The van der Waals surface area contributed by atoms with Crippen LogP contribution in [0, 0.1) is 0 Å². The molecule has 2 rings (SSSR count). The first-order chi connectivity index (χ1) is 11.8. The number of carbonyl (C=O) groups is 1. The van der Waals surface area contributed by atoms with E-state index in [1.54, 1.807) is 49.6 Å². The zero-order valence-corrected chi connectivity index (χ0v) is 15.1. The molecular weight excluding hydrogens is 342 g/mol. The van der Waals surface area contributed by atoms with E-state index >= 15 is 0 Å². The van der Waals surface area contributed by atoms with Gasteiger partial charge in [0.1, 0.15) is 5.75 Å². The van der Waals surface area contributed by atoms with Crippen LogP contribution in [-0.4, -0.2) is 27.8 Å². The molecule has 0 bridgehead atoms. The van der Waals surface area contributed by atoms with Gasteiger partial charge in [0.15, 0.2) is 0 Å². The molecule has 3 N–H and O–H groups in total. The number of hydrogen-bond acceptors (Lipinski definition) is 4. The summed E-state index contributed by atoms with van der Waals surface area (Å²) in [5.74, 6) is 0.703. The average Bonchev–Trinajstić information content (AvgIpc) is 2.54. The first-order valence-electron chi connectivity index (χ1n) is 7.56. The maximum atomic E-state index is 12.1. The molecule has 2 aromatic carbocycles.